The molecular weight excluding hydrogens is 363 g/mol. The number of carboxylic acids is 1. The minimum absolute atomic E-state index is 0.0187. The SMILES string of the molecule is CCOC(=O)C(CC(=O)c1cc(Cl)c(C)c(Cl)c1)(SC)C(=O)O. The maximum absolute atomic E-state index is 12.4. The maximum atomic E-state index is 12.4. The number of Topliss-reactive ketones (excluding diaryl/α,β-unsaturated/α-hetero) is 1. The fourth-order valence-corrected chi connectivity index (χ4v) is 3.02. The standard InChI is InChI=1S/C15H16Cl2O5S/c1-4-22-14(21)15(23-3,13(19)20)7-12(18)9-5-10(16)8(2)11(17)6-9/h5-6H,4,7H2,1-3H3,(H,19,20). The summed E-state index contributed by atoms with van der Waals surface area (Å²) in [6.07, 6.45) is 0.880. The van der Waals surface area contributed by atoms with Crippen LogP contribution in [-0.4, -0.2) is 40.4 Å². The number of carboxylic acid groups (broad SMARTS) is 1. The minimum atomic E-state index is -2.00. The molecule has 1 unspecified atom stereocenters. The molecule has 0 aliphatic heterocycles. The highest BCUT2D eigenvalue weighted by atomic mass is 35.5. The van der Waals surface area contributed by atoms with Crippen molar-refractivity contribution in [2.45, 2.75) is 25.0 Å². The van der Waals surface area contributed by atoms with Crippen LogP contribution in [0.1, 0.15) is 29.3 Å². The number of rotatable bonds is 7. The number of aliphatic carboxylic acids is 1. The second-order valence-corrected chi connectivity index (χ2v) is 6.64. The Balaban J connectivity index is 3.21. The molecule has 0 saturated heterocycles. The number of esters is 1. The van der Waals surface area contributed by atoms with E-state index in [2.05, 4.69) is 0 Å². The van der Waals surface area contributed by atoms with Crippen LogP contribution in [0, 0.1) is 6.92 Å². The van der Waals surface area contributed by atoms with E-state index < -0.39 is 28.9 Å². The van der Waals surface area contributed by atoms with Crippen LogP contribution < -0.4 is 0 Å². The quantitative estimate of drug-likeness (QED) is 0.443. The third-order valence-corrected chi connectivity index (χ3v) is 5.28. The van der Waals surface area contributed by atoms with Crippen molar-refractivity contribution in [3.05, 3.63) is 33.3 Å². The fourth-order valence-electron chi connectivity index (χ4n) is 1.86. The Bertz CT molecular complexity index is 624. The Morgan fingerprint density at radius 2 is 1.78 bits per heavy atom. The molecule has 1 aromatic carbocycles. The lowest BCUT2D eigenvalue weighted by atomic mass is 9.96. The number of carbonyl (C=O) groups excluding carboxylic acids is 2. The van der Waals surface area contributed by atoms with Gasteiger partial charge >= 0.3 is 11.9 Å². The van der Waals surface area contributed by atoms with Crippen LogP contribution in [0.25, 0.3) is 0 Å². The number of hydrogen-bond acceptors (Lipinski definition) is 5. The highest BCUT2D eigenvalue weighted by Gasteiger charge is 2.49. The van der Waals surface area contributed by atoms with Crippen molar-refractivity contribution in [1.29, 1.82) is 0 Å². The molecule has 0 aliphatic carbocycles. The summed E-state index contributed by atoms with van der Waals surface area (Å²) in [5.74, 6) is -2.95. The molecule has 1 aromatic rings. The van der Waals surface area contributed by atoms with Gasteiger partial charge in [-0.3, -0.25) is 9.59 Å². The third-order valence-electron chi connectivity index (χ3n) is 3.31. The molecule has 0 aromatic heterocycles. The van der Waals surface area contributed by atoms with Gasteiger partial charge in [-0.1, -0.05) is 23.2 Å². The van der Waals surface area contributed by atoms with Gasteiger partial charge in [0.2, 0.25) is 4.75 Å². The molecule has 0 bridgehead atoms. The monoisotopic (exact) mass is 378 g/mol. The highest BCUT2D eigenvalue weighted by Crippen LogP contribution is 2.33. The fraction of sp³-hybridized carbons (Fsp3) is 0.400. The second-order valence-electron chi connectivity index (χ2n) is 4.72. The molecular formula is C15H16Cl2O5S. The molecule has 8 heteroatoms. The van der Waals surface area contributed by atoms with Crippen LogP contribution in [0.15, 0.2) is 12.1 Å². The predicted octanol–water partition coefficient (Wildman–Crippen LogP) is 3.62. The molecule has 0 spiro atoms. The van der Waals surface area contributed by atoms with E-state index >= 15 is 0 Å². The van der Waals surface area contributed by atoms with Gasteiger partial charge < -0.3 is 9.84 Å². The lowest BCUT2D eigenvalue weighted by Gasteiger charge is -2.24. The average Bonchev–Trinajstić information content (AvgIpc) is 2.49. The summed E-state index contributed by atoms with van der Waals surface area (Å²) >= 11 is 12.7. The van der Waals surface area contributed by atoms with E-state index in [9.17, 15) is 19.5 Å². The normalized spacial score (nSPS) is 13.3. The first kappa shape index (κ1) is 19.8. The Hall–Kier alpha value is -1.24. The maximum Gasteiger partial charge on any atom is 0.334 e. The van der Waals surface area contributed by atoms with E-state index in [1.165, 1.54) is 18.4 Å². The number of hydrogen-bond donors (Lipinski definition) is 1. The predicted molar refractivity (Wildman–Crippen MR) is 90.7 cm³/mol. The molecule has 126 valence electrons. The summed E-state index contributed by atoms with van der Waals surface area (Å²) in [5.41, 5.74) is 0.763. The Morgan fingerprint density at radius 1 is 1.26 bits per heavy atom. The smallest absolute Gasteiger partial charge is 0.334 e. The molecule has 1 rings (SSSR count). The molecule has 0 heterocycles. The summed E-state index contributed by atoms with van der Waals surface area (Å²) in [7, 11) is 0. The number of benzene rings is 1. The molecule has 5 nitrogen and oxygen atoms in total. The van der Waals surface area contributed by atoms with E-state index in [1.54, 1.807) is 13.8 Å². The van der Waals surface area contributed by atoms with E-state index in [0.29, 0.717) is 15.6 Å². The zero-order valence-electron chi connectivity index (χ0n) is 12.8. The minimum Gasteiger partial charge on any atom is -0.480 e. The number of ether oxygens (including phenoxy) is 1. The molecule has 0 fully saturated rings. The number of carbonyl (C=O) groups is 3. The van der Waals surface area contributed by atoms with E-state index in [4.69, 9.17) is 27.9 Å². The summed E-state index contributed by atoms with van der Waals surface area (Å²) in [6.45, 7) is 3.28. The van der Waals surface area contributed by atoms with Crippen molar-refractivity contribution in [2.24, 2.45) is 0 Å². The Labute approximate surface area is 148 Å². The van der Waals surface area contributed by atoms with Crippen LogP contribution in [0.3, 0.4) is 0 Å². The molecule has 23 heavy (non-hydrogen) atoms. The van der Waals surface area contributed by atoms with Crippen molar-refractivity contribution in [3.8, 4) is 0 Å². The van der Waals surface area contributed by atoms with Crippen LogP contribution in [0.2, 0.25) is 10.0 Å². The van der Waals surface area contributed by atoms with Crippen molar-refractivity contribution in [1.82, 2.24) is 0 Å². The molecule has 1 atom stereocenters. The van der Waals surface area contributed by atoms with Gasteiger partial charge in [0.25, 0.3) is 0 Å². The first-order valence-corrected chi connectivity index (χ1v) is 8.62. The van der Waals surface area contributed by atoms with Crippen molar-refractivity contribution in [3.63, 3.8) is 0 Å². The zero-order chi connectivity index (χ0) is 17.8. The lowest BCUT2D eigenvalue weighted by Crippen LogP contribution is -2.46. The van der Waals surface area contributed by atoms with Crippen molar-refractivity contribution in [2.75, 3.05) is 12.9 Å². The van der Waals surface area contributed by atoms with Crippen LogP contribution >= 0.6 is 35.0 Å². The van der Waals surface area contributed by atoms with Gasteiger partial charge in [-0.25, -0.2) is 4.79 Å². The van der Waals surface area contributed by atoms with Gasteiger partial charge in [0, 0.05) is 22.0 Å². The Kier molecular flexibility index (Phi) is 6.92. The Morgan fingerprint density at radius 3 is 2.17 bits per heavy atom. The summed E-state index contributed by atoms with van der Waals surface area (Å²) in [6, 6.07) is 2.81. The first-order valence-electron chi connectivity index (χ1n) is 6.64. The van der Waals surface area contributed by atoms with E-state index in [-0.39, 0.29) is 12.2 Å². The van der Waals surface area contributed by atoms with Crippen molar-refractivity contribution >= 4 is 52.7 Å². The van der Waals surface area contributed by atoms with E-state index in [0.717, 1.165) is 11.8 Å². The van der Waals surface area contributed by atoms with E-state index in [1.807, 2.05) is 0 Å². The molecule has 0 saturated carbocycles. The summed E-state index contributed by atoms with van der Waals surface area (Å²) < 4.78 is 2.81. The van der Waals surface area contributed by atoms with Gasteiger partial charge in [-0.05, 0) is 37.8 Å². The molecule has 0 radical (unpaired) electrons. The lowest BCUT2D eigenvalue weighted by molar-refractivity contribution is -0.155. The molecule has 0 aliphatic rings. The highest BCUT2D eigenvalue weighted by molar-refractivity contribution is 8.01. The molecule has 1 N–H and O–H groups in total. The first-order chi connectivity index (χ1) is 10.7. The zero-order valence-corrected chi connectivity index (χ0v) is 15.1. The van der Waals surface area contributed by atoms with Gasteiger partial charge in [-0.15, -0.1) is 11.8 Å². The number of thioether (sulfide) groups is 1. The van der Waals surface area contributed by atoms with Gasteiger partial charge in [-0.2, -0.15) is 0 Å². The number of halogens is 2. The van der Waals surface area contributed by atoms with Gasteiger partial charge in [0.1, 0.15) is 0 Å². The topological polar surface area (TPSA) is 80.7 Å². The average molecular weight is 379 g/mol. The second kappa shape index (κ2) is 8.04. The summed E-state index contributed by atoms with van der Waals surface area (Å²) in [5, 5.41) is 10.0. The van der Waals surface area contributed by atoms with Gasteiger partial charge in [0.05, 0.1) is 6.61 Å². The summed E-state index contributed by atoms with van der Waals surface area (Å²) in [4.78, 5) is 36.1. The third kappa shape index (κ3) is 4.19. The van der Waals surface area contributed by atoms with Crippen LogP contribution in [0.4, 0.5) is 0 Å². The number of ketones is 1. The van der Waals surface area contributed by atoms with Crippen LogP contribution in [-0.2, 0) is 14.3 Å². The van der Waals surface area contributed by atoms with Crippen LogP contribution in [0.5, 0.6) is 0 Å². The van der Waals surface area contributed by atoms with Gasteiger partial charge in [0.15, 0.2) is 5.78 Å². The van der Waals surface area contributed by atoms with Crippen molar-refractivity contribution < 1.29 is 24.2 Å². The molecule has 0 amide bonds. The largest absolute Gasteiger partial charge is 0.480 e.